The highest BCUT2D eigenvalue weighted by atomic mass is 15.0. The summed E-state index contributed by atoms with van der Waals surface area (Å²) in [7, 11) is 0. The summed E-state index contributed by atoms with van der Waals surface area (Å²) in [6.45, 7) is 0. The van der Waals surface area contributed by atoms with Crippen LogP contribution in [0.15, 0.2) is 212 Å². The molecule has 0 atom stereocenters. The maximum atomic E-state index is 5.20. The molecular formula is C53H35N3. The van der Waals surface area contributed by atoms with Crippen LogP contribution in [-0.2, 0) is 0 Å². The SMILES string of the molecule is c1ccc(-c2cccc(-c3cccc(-c4nc(-c5cccc(-c6ccccc6)c5)nc(-c5cccc(-c6cc7ccccc7c7ccccc67)c5)n4)c3)c2)cc1. The van der Waals surface area contributed by atoms with Crippen LogP contribution in [0.1, 0.15) is 0 Å². The number of aromatic nitrogens is 3. The van der Waals surface area contributed by atoms with E-state index in [-0.39, 0.29) is 0 Å². The molecule has 56 heavy (non-hydrogen) atoms. The van der Waals surface area contributed by atoms with Gasteiger partial charge in [0, 0.05) is 16.7 Å². The molecule has 9 aromatic carbocycles. The molecule has 0 spiro atoms. The minimum atomic E-state index is 0.623. The Bertz CT molecular complexity index is 3020. The van der Waals surface area contributed by atoms with Gasteiger partial charge in [0.05, 0.1) is 0 Å². The molecule has 10 aromatic rings. The van der Waals surface area contributed by atoms with Crippen LogP contribution < -0.4 is 0 Å². The summed E-state index contributed by atoms with van der Waals surface area (Å²) in [6, 6.07) is 74.7. The van der Waals surface area contributed by atoms with Crippen LogP contribution in [0.2, 0.25) is 0 Å². The van der Waals surface area contributed by atoms with E-state index in [0.29, 0.717) is 17.5 Å². The second kappa shape index (κ2) is 14.4. The Hall–Kier alpha value is -7.49. The molecular weight excluding hydrogens is 679 g/mol. The zero-order chi connectivity index (χ0) is 37.3. The van der Waals surface area contributed by atoms with Gasteiger partial charge >= 0.3 is 0 Å². The fraction of sp³-hybridized carbons (Fsp3) is 0. The lowest BCUT2D eigenvalue weighted by molar-refractivity contribution is 1.07. The first-order valence-corrected chi connectivity index (χ1v) is 18.9. The fourth-order valence-corrected chi connectivity index (χ4v) is 7.70. The van der Waals surface area contributed by atoms with Gasteiger partial charge < -0.3 is 0 Å². The molecule has 262 valence electrons. The maximum absolute atomic E-state index is 5.20. The van der Waals surface area contributed by atoms with Gasteiger partial charge in [-0.2, -0.15) is 0 Å². The number of hydrogen-bond acceptors (Lipinski definition) is 3. The standard InChI is InChI=1S/C53H35N3/c1-3-15-36(16-4-1)38-20-11-22-40(31-38)41-23-13-26-45(33-41)52-54-51(44-25-12-21-39(32-44)37-17-5-2-6-18-37)55-53(56-52)46-27-14-24-42(34-46)50-35-43-19-7-8-28-47(43)48-29-9-10-30-49(48)50/h1-35H. The number of benzene rings is 9. The Kier molecular flexibility index (Phi) is 8.51. The van der Waals surface area contributed by atoms with Gasteiger partial charge in [-0.25, -0.2) is 15.0 Å². The Balaban J connectivity index is 1.12. The number of rotatable bonds is 7. The van der Waals surface area contributed by atoms with Gasteiger partial charge in [0.15, 0.2) is 17.5 Å². The van der Waals surface area contributed by atoms with Gasteiger partial charge in [0.25, 0.3) is 0 Å². The molecule has 0 unspecified atom stereocenters. The zero-order valence-electron chi connectivity index (χ0n) is 30.5. The maximum Gasteiger partial charge on any atom is 0.164 e. The van der Waals surface area contributed by atoms with Gasteiger partial charge in [0.2, 0.25) is 0 Å². The van der Waals surface area contributed by atoms with E-state index in [9.17, 15) is 0 Å². The first-order chi connectivity index (χ1) is 27.7. The van der Waals surface area contributed by atoms with E-state index in [4.69, 9.17) is 15.0 Å². The average molecular weight is 714 g/mol. The largest absolute Gasteiger partial charge is 0.208 e. The van der Waals surface area contributed by atoms with Crippen molar-refractivity contribution in [3.8, 4) is 78.7 Å². The Labute approximate surface area is 326 Å². The molecule has 0 radical (unpaired) electrons. The average Bonchev–Trinajstić information content (AvgIpc) is 3.29. The molecule has 0 fully saturated rings. The van der Waals surface area contributed by atoms with E-state index in [1.807, 2.05) is 12.1 Å². The molecule has 10 rings (SSSR count). The smallest absolute Gasteiger partial charge is 0.164 e. The second-order valence-electron chi connectivity index (χ2n) is 14.1. The Morgan fingerprint density at radius 1 is 0.214 bits per heavy atom. The van der Waals surface area contributed by atoms with Crippen molar-refractivity contribution in [1.29, 1.82) is 0 Å². The summed E-state index contributed by atoms with van der Waals surface area (Å²) >= 11 is 0. The molecule has 0 amide bonds. The molecule has 3 nitrogen and oxygen atoms in total. The summed E-state index contributed by atoms with van der Waals surface area (Å²) in [5, 5.41) is 4.92. The predicted octanol–water partition coefficient (Wildman–Crippen LogP) is 13.8. The van der Waals surface area contributed by atoms with Crippen molar-refractivity contribution in [1.82, 2.24) is 15.0 Å². The minimum Gasteiger partial charge on any atom is -0.208 e. The predicted molar refractivity (Wildman–Crippen MR) is 233 cm³/mol. The molecule has 0 bridgehead atoms. The summed E-state index contributed by atoms with van der Waals surface area (Å²) in [6.07, 6.45) is 0. The first-order valence-electron chi connectivity index (χ1n) is 18.9. The summed E-state index contributed by atoms with van der Waals surface area (Å²) < 4.78 is 0. The quantitative estimate of drug-likeness (QED) is 0.154. The summed E-state index contributed by atoms with van der Waals surface area (Å²) in [4.78, 5) is 15.6. The van der Waals surface area contributed by atoms with E-state index in [1.54, 1.807) is 0 Å². The lowest BCUT2D eigenvalue weighted by Gasteiger charge is -2.13. The third-order valence-electron chi connectivity index (χ3n) is 10.5. The van der Waals surface area contributed by atoms with E-state index in [0.717, 1.165) is 44.5 Å². The van der Waals surface area contributed by atoms with Crippen LogP contribution in [0.25, 0.3) is 100 Å². The number of hydrogen-bond donors (Lipinski definition) is 0. The van der Waals surface area contributed by atoms with E-state index >= 15 is 0 Å². The lowest BCUT2D eigenvalue weighted by Crippen LogP contribution is -2.00. The number of nitrogens with zero attached hydrogens (tertiary/aromatic N) is 3. The van der Waals surface area contributed by atoms with Crippen LogP contribution in [0.3, 0.4) is 0 Å². The molecule has 0 saturated carbocycles. The van der Waals surface area contributed by atoms with Crippen molar-refractivity contribution < 1.29 is 0 Å². The molecule has 1 aromatic heterocycles. The Morgan fingerprint density at radius 2 is 0.554 bits per heavy atom. The molecule has 0 aliphatic rings. The second-order valence-corrected chi connectivity index (χ2v) is 14.1. The molecule has 0 aliphatic heterocycles. The van der Waals surface area contributed by atoms with Gasteiger partial charge in [-0.15, -0.1) is 0 Å². The molecule has 0 aliphatic carbocycles. The van der Waals surface area contributed by atoms with Crippen LogP contribution in [0.5, 0.6) is 0 Å². The highest BCUT2D eigenvalue weighted by Gasteiger charge is 2.16. The zero-order valence-corrected chi connectivity index (χ0v) is 30.5. The molecule has 0 N–H and O–H groups in total. The monoisotopic (exact) mass is 713 g/mol. The third kappa shape index (κ3) is 6.42. The minimum absolute atomic E-state index is 0.623. The van der Waals surface area contributed by atoms with E-state index < -0.39 is 0 Å². The van der Waals surface area contributed by atoms with Crippen molar-refractivity contribution in [3.05, 3.63) is 212 Å². The van der Waals surface area contributed by atoms with Crippen molar-refractivity contribution in [3.63, 3.8) is 0 Å². The summed E-state index contributed by atoms with van der Waals surface area (Å²) in [5.74, 6) is 1.87. The van der Waals surface area contributed by atoms with Crippen LogP contribution >= 0.6 is 0 Å². The molecule has 0 saturated heterocycles. The third-order valence-corrected chi connectivity index (χ3v) is 10.5. The van der Waals surface area contributed by atoms with Crippen molar-refractivity contribution in [2.24, 2.45) is 0 Å². The number of fused-ring (bicyclic) bond motifs is 3. The fourth-order valence-electron chi connectivity index (χ4n) is 7.70. The van der Waals surface area contributed by atoms with E-state index in [2.05, 4.69) is 200 Å². The van der Waals surface area contributed by atoms with Crippen molar-refractivity contribution >= 4 is 21.5 Å². The van der Waals surface area contributed by atoms with Crippen LogP contribution in [0, 0.1) is 0 Å². The van der Waals surface area contributed by atoms with Crippen molar-refractivity contribution in [2.75, 3.05) is 0 Å². The molecule has 3 heteroatoms. The van der Waals surface area contributed by atoms with Gasteiger partial charge in [-0.3, -0.25) is 0 Å². The normalized spacial score (nSPS) is 11.2. The lowest BCUT2D eigenvalue weighted by atomic mass is 9.92. The molecule has 1 heterocycles. The highest BCUT2D eigenvalue weighted by molar-refractivity contribution is 6.13. The van der Waals surface area contributed by atoms with Crippen molar-refractivity contribution in [2.45, 2.75) is 0 Å². The van der Waals surface area contributed by atoms with Crippen LogP contribution in [-0.4, -0.2) is 15.0 Å². The van der Waals surface area contributed by atoms with Crippen LogP contribution in [0.4, 0.5) is 0 Å². The van der Waals surface area contributed by atoms with Gasteiger partial charge in [0.1, 0.15) is 0 Å². The topological polar surface area (TPSA) is 38.7 Å². The van der Waals surface area contributed by atoms with Gasteiger partial charge in [-0.1, -0.05) is 182 Å². The van der Waals surface area contributed by atoms with Gasteiger partial charge in [-0.05, 0) is 96.4 Å². The highest BCUT2D eigenvalue weighted by Crippen LogP contribution is 2.37. The van der Waals surface area contributed by atoms with E-state index in [1.165, 1.54) is 38.2 Å². The Morgan fingerprint density at radius 3 is 1.07 bits per heavy atom. The first kappa shape index (κ1) is 33.1. The summed E-state index contributed by atoms with van der Waals surface area (Å²) in [5.41, 5.74) is 11.9.